The normalized spacial score (nSPS) is 11.3. The van der Waals surface area contributed by atoms with Crippen molar-refractivity contribution in [2.24, 2.45) is 0 Å². The zero-order valence-corrected chi connectivity index (χ0v) is 11.5. The van der Waals surface area contributed by atoms with Gasteiger partial charge in [0, 0.05) is 30.3 Å². The molecule has 0 spiro atoms. The predicted molar refractivity (Wildman–Crippen MR) is 75.3 cm³/mol. The number of rotatable bonds is 5. The zero-order chi connectivity index (χ0) is 16.2. The minimum absolute atomic E-state index is 0.00614. The van der Waals surface area contributed by atoms with Crippen molar-refractivity contribution in [1.29, 1.82) is 5.41 Å². The molecule has 0 saturated heterocycles. The van der Waals surface area contributed by atoms with Crippen LogP contribution in [-0.4, -0.2) is 22.2 Å². The van der Waals surface area contributed by atoms with Gasteiger partial charge in [0.2, 0.25) is 5.75 Å². The Morgan fingerprint density at radius 3 is 2.76 bits per heavy atom. The lowest BCUT2D eigenvalue weighted by Crippen LogP contribution is -2.11. The molecule has 110 valence electrons. The molecule has 0 bridgehead atoms. The molecule has 7 nitrogen and oxygen atoms in total. The maximum absolute atomic E-state index is 11.1. The molecule has 1 aromatic carbocycles. The number of benzene rings is 1. The molecule has 0 aliphatic heterocycles. The van der Waals surface area contributed by atoms with E-state index in [2.05, 4.69) is 5.92 Å². The van der Waals surface area contributed by atoms with E-state index in [0.29, 0.717) is 11.1 Å². The van der Waals surface area contributed by atoms with Gasteiger partial charge in [-0.2, -0.15) is 0 Å². The molecule has 1 atom stereocenters. The third-order valence-corrected chi connectivity index (χ3v) is 2.93. The summed E-state index contributed by atoms with van der Waals surface area (Å²) in [6.45, 7) is 2.76. The average Bonchev–Trinajstić information content (AvgIpc) is 2.38. The number of carbonyl (C=O) groups excluding carboxylic acids is 1. The van der Waals surface area contributed by atoms with Gasteiger partial charge in [-0.25, -0.2) is 0 Å². The molecule has 0 radical (unpaired) electrons. The van der Waals surface area contributed by atoms with Crippen LogP contribution in [0.15, 0.2) is 6.07 Å². The molecule has 7 heteroatoms. The van der Waals surface area contributed by atoms with E-state index in [-0.39, 0.29) is 12.0 Å². The highest BCUT2D eigenvalue weighted by atomic mass is 16.6. The smallest absolute Gasteiger partial charge is 0.311 e. The fourth-order valence-corrected chi connectivity index (χ4v) is 1.97. The Balaban J connectivity index is 3.56. The van der Waals surface area contributed by atoms with Gasteiger partial charge in [-0.15, -0.1) is 12.3 Å². The molecule has 0 aliphatic carbocycles. The number of hydrogen-bond acceptors (Lipinski definition) is 6. The van der Waals surface area contributed by atoms with Crippen LogP contribution in [0.2, 0.25) is 0 Å². The molecule has 0 heterocycles. The first-order chi connectivity index (χ1) is 9.83. The van der Waals surface area contributed by atoms with Gasteiger partial charge in [0.25, 0.3) is 0 Å². The molecular formula is C14H14N2O5. The summed E-state index contributed by atoms with van der Waals surface area (Å²) < 4.78 is 5.07. The summed E-state index contributed by atoms with van der Waals surface area (Å²) in [6, 6.07) is 1.11. The maximum Gasteiger partial charge on any atom is 0.311 e. The number of hydrogen-bond donors (Lipinski definition) is 2. The molecule has 21 heavy (non-hydrogen) atoms. The molecule has 0 aromatic heterocycles. The summed E-state index contributed by atoms with van der Waals surface area (Å²) in [4.78, 5) is 21.3. The van der Waals surface area contributed by atoms with Gasteiger partial charge < -0.3 is 15.3 Å². The Kier molecular flexibility index (Phi) is 5.02. The van der Waals surface area contributed by atoms with Crippen LogP contribution < -0.4 is 0 Å². The maximum atomic E-state index is 11.1. The number of ether oxygens (including phenoxy) is 1. The first-order valence-electron chi connectivity index (χ1n) is 5.95. The zero-order valence-electron chi connectivity index (χ0n) is 11.5. The molecule has 0 aliphatic rings. The third-order valence-electron chi connectivity index (χ3n) is 2.93. The Labute approximate surface area is 121 Å². The van der Waals surface area contributed by atoms with Gasteiger partial charge in [-0.1, -0.05) is 0 Å². The summed E-state index contributed by atoms with van der Waals surface area (Å²) in [5, 5.41) is 28.1. The fourth-order valence-electron chi connectivity index (χ4n) is 1.97. The number of aromatic hydroxyl groups is 1. The highest BCUT2D eigenvalue weighted by Gasteiger charge is 2.26. The summed E-state index contributed by atoms with van der Waals surface area (Å²) >= 11 is 0. The molecule has 0 fully saturated rings. The number of terminal acetylenes is 1. The SMILES string of the molecule is C#CCC(OC(C)=O)c1cc([N+](=O)[O-])c(O)c(C=N)c1C. The lowest BCUT2D eigenvalue weighted by atomic mass is 9.95. The topological polar surface area (TPSA) is 114 Å². The number of phenolic OH excluding ortho intramolecular Hbond substituents is 1. The van der Waals surface area contributed by atoms with Gasteiger partial charge >= 0.3 is 11.7 Å². The van der Waals surface area contributed by atoms with E-state index in [9.17, 15) is 20.0 Å². The summed E-state index contributed by atoms with van der Waals surface area (Å²) in [5.41, 5.74) is 0.123. The van der Waals surface area contributed by atoms with E-state index in [1.807, 2.05) is 0 Å². The summed E-state index contributed by atoms with van der Waals surface area (Å²) in [7, 11) is 0. The van der Waals surface area contributed by atoms with E-state index < -0.39 is 28.4 Å². The standard InChI is InChI=1S/C14H14N2O5/c1-4-5-13(21-9(3)17)10-6-12(16(19)20)14(18)11(7-15)8(10)2/h1,6-7,13,15,18H,5H2,2-3H3. The minimum Gasteiger partial charge on any atom is -0.502 e. The number of phenols is 1. The molecule has 0 saturated carbocycles. The van der Waals surface area contributed by atoms with Crippen molar-refractivity contribution in [2.75, 3.05) is 0 Å². The van der Waals surface area contributed by atoms with Crippen LogP contribution in [0, 0.1) is 34.8 Å². The van der Waals surface area contributed by atoms with Gasteiger partial charge in [0.05, 0.1) is 11.3 Å². The van der Waals surface area contributed by atoms with Crippen molar-refractivity contribution in [3.63, 3.8) is 0 Å². The predicted octanol–water partition coefficient (Wildman–Crippen LogP) is 2.23. The van der Waals surface area contributed by atoms with Gasteiger partial charge in [0.1, 0.15) is 6.10 Å². The molecule has 1 aromatic rings. The van der Waals surface area contributed by atoms with Gasteiger partial charge in [-0.3, -0.25) is 14.9 Å². The first kappa shape index (κ1) is 16.2. The highest BCUT2D eigenvalue weighted by Crippen LogP contribution is 2.37. The largest absolute Gasteiger partial charge is 0.502 e. The van der Waals surface area contributed by atoms with Crippen molar-refractivity contribution >= 4 is 17.9 Å². The second-order valence-electron chi connectivity index (χ2n) is 4.28. The van der Waals surface area contributed by atoms with Crippen LogP contribution in [0.3, 0.4) is 0 Å². The van der Waals surface area contributed by atoms with E-state index in [4.69, 9.17) is 16.6 Å². The van der Waals surface area contributed by atoms with Crippen LogP contribution in [-0.2, 0) is 9.53 Å². The summed E-state index contributed by atoms with van der Waals surface area (Å²) in [6.07, 6.45) is 5.19. The van der Waals surface area contributed by atoms with Crippen molar-refractivity contribution < 1.29 is 19.6 Å². The lowest BCUT2D eigenvalue weighted by molar-refractivity contribution is -0.386. The quantitative estimate of drug-likeness (QED) is 0.284. The number of nitro benzene ring substituents is 1. The molecule has 1 rings (SSSR count). The number of nitro groups is 1. The molecular weight excluding hydrogens is 276 g/mol. The fraction of sp³-hybridized carbons (Fsp3) is 0.286. The lowest BCUT2D eigenvalue weighted by Gasteiger charge is -2.19. The highest BCUT2D eigenvalue weighted by molar-refractivity contribution is 5.86. The Morgan fingerprint density at radius 1 is 1.71 bits per heavy atom. The van der Waals surface area contributed by atoms with Crippen LogP contribution in [0.4, 0.5) is 5.69 Å². The summed E-state index contributed by atoms with van der Waals surface area (Å²) in [5.74, 6) is 1.15. The number of nitrogens with one attached hydrogen (secondary N) is 1. The third kappa shape index (κ3) is 3.36. The Hall–Kier alpha value is -2.88. The Morgan fingerprint density at radius 2 is 2.33 bits per heavy atom. The van der Waals surface area contributed by atoms with E-state index in [0.717, 1.165) is 12.3 Å². The van der Waals surface area contributed by atoms with E-state index in [1.54, 1.807) is 6.92 Å². The van der Waals surface area contributed by atoms with Crippen molar-refractivity contribution in [1.82, 2.24) is 0 Å². The van der Waals surface area contributed by atoms with Gasteiger partial charge in [-0.05, 0) is 12.5 Å². The van der Waals surface area contributed by atoms with Crippen LogP contribution in [0.5, 0.6) is 5.75 Å². The van der Waals surface area contributed by atoms with E-state index >= 15 is 0 Å². The Bertz CT molecular complexity index is 646. The minimum atomic E-state index is -0.870. The molecule has 2 N–H and O–H groups in total. The monoisotopic (exact) mass is 290 g/mol. The van der Waals surface area contributed by atoms with Crippen molar-refractivity contribution in [3.05, 3.63) is 32.9 Å². The van der Waals surface area contributed by atoms with Crippen LogP contribution >= 0.6 is 0 Å². The molecule has 1 unspecified atom stereocenters. The average molecular weight is 290 g/mol. The number of nitrogens with zero attached hydrogens (tertiary/aromatic N) is 1. The van der Waals surface area contributed by atoms with Crippen molar-refractivity contribution in [2.45, 2.75) is 26.4 Å². The van der Waals surface area contributed by atoms with Crippen LogP contribution in [0.1, 0.15) is 36.1 Å². The van der Waals surface area contributed by atoms with E-state index in [1.165, 1.54) is 6.92 Å². The first-order valence-corrected chi connectivity index (χ1v) is 5.95. The number of carbonyl (C=O) groups is 1. The molecule has 0 amide bonds. The second kappa shape index (κ2) is 6.52. The second-order valence-corrected chi connectivity index (χ2v) is 4.28. The van der Waals surface area contributed by atoms with Crippen molar-refractivity contribution in [3.8, 4) is 18.1 Å². The van der Waals surface area contributed by atoms with Crippen LogP contribution in [0.25, 0.3) is 0 Å². The number of esters is 1. The van der Waals surface area contributed by atoms with Gasteiger partial charge in [0.15, 0.2) is 0 Å².